The lowest BCUT2D eigenvalue weighted by Gasteiger charge is -2.37. The summed E-state index contributed by atoms with van der Waals surface area (Å²) in [5.74, 6) is -7.22. The molecule has 2 aromatic carbocycles. The minimum atomic E-state index is -1.81. The molecule has 0 radical (unpaired) electrons. The third-order valence-electron chi connectivity index (χ3n) is 7.14. The van der Waals surface area contributed by atoms with Crippen molar-refractivity contribution in [3.63, 3.8) is 0 Å². The number of nitrogens with one attached hydrogen (secondary N) is 1. The van der Waals surface area contributed by atoms with Crippen molar-refractivity contribution in [2.24, 2.45) is 0 Å². The first-order valence-corrected chi connectivity index (χ1v) is 12.1. The molecular formula is C27H21NO12. The topological polar surface area (TPSA) is 202 Å². The maximum absolute atomic E-state index is 13.0. The van der Waals surface area contributed by atoms with Gasteiger partial charge in [0.25, 0.3) is 5.79 Å². The molecule has 0 fully saturated rings. The zero-order chi connectivity index (χ0) is 28.7. The van der Waals surface area contributed by atoms with Crippen LogP contribution in [-0.2, 0) is 11.2 Å². The first-order chi connectivity index (χ1) is 19.0. The fraction of sp³-hybridized carbons (Fsp3) is 0.259. The van der Waals surface area contributed by atoms with E-state index in [1.165, 1.54) is 12.1 Å². The summed E-state index contributed by atoms with van der Waals surface area (Å²) < 4.78 is 21.4. The van der Waals surface area contributed by atoms with E-state index in [1.54, 1.807) is 6.92 Å². The molecule has 0 amide bonds. The van der Waals surface area contributed by atoms with Crippen LogP contribution >= 0.6 is 0 Å². The van der Waals surface area contributed by atoms with Crippen LogP contribution in [0.4, 0.5) is 0 Å². The van der Waals surface area contributed by atoms with Crippen molar-refractivity contribution in [2.75, 3.05) is 13.7 Å². The van der Waals surface area contributed by atoms with Gasteiger partial charge in [-0.15, -0.1) is 0 Å². The van der Waals surface area contributed by atoms with Gasteiger partial charge in [-0.05, 0) is 24.4 Å². The van der Waals surface area contributed by atoms with Crippen molar-refractivity contribution in [1.29, 1.82) is 0 Å². The number of carbonyl (C=O) groups excluding carboxylic acids is 3. The summed E-state index contributed by atoms with van der Waals surface area (Å²) in [6, 6.07) is 2.51. The Morgan fingerprint density at radius 1 is 1.07 bits per heavy atom. The number of phenols is 3. The Hall–Kier alpha value is -5.04. The van der Waals surface area contributed by atoms with E-state index in [0.717, 1.165) is 13.2 Å². The molecule has 40 heavy (non-hydrogen) atoms. The smallest absolute Gasteiger partial charge is 0.374 e. The Morgan fingerprint density at radius 2 is 1.80 bits per heavy atom. The fourth-order valence-corrected chi connectivity index (χ4v) is 5.40. The van der Waals surface area contributed by atoms with Gasteiger partial charge in [-0.3, -0.25) is 9.59 Å². The molecule has 3 heterocycles. The number of methoxy groups -OCH3 is 1. The van der Waals surface area contributed by atoms with Gasteiger partial charge in [-0.1, -0.05) is 0 Å². The van der Waals surface area contributed by atoms with E-state index >= 15 is 0 Å². The number of rotatable bonds is 3. The number of aliphatic hydroxyl groups excluding tert-OH is 1. The number of aliphatic hydroxyl groups is 1. The molecule has 6 rings (SSSR count). The summed E-state index contributed by atoms with van der Waals surface area (Å²) >= 11 is 0. The molecule has 0 saturated heterocycles. The number of likely N-dealkylation sites (N-methyl/N-ethyl adjacent to an activating group) is 1. The van der Waals surface area contributed by atoms with E-state index in [4.69, 9.17) is 13.9 Å². The average Bonchev–Trinajstić information content (AvgIpc) is 3.28. The third-order valence-corrected chi connectivity index (χ3v) is 7.14. The summed E-state index contributed by atoms with van der Waals surface area (Å²) in [5.41, 5.74) is -1.96. The number of Topliss-reactive ketones (excluding diaryl/α,β-unsaturated/α-hetero) is 1. The van der Waals surface area contributed by atoms with Crippen molar-refractivity contribution in [2.45, 2.75) is 31.7 Å². The molecule has 0 saturated carbocycles. The van der Waals surface area contributed by atoms with E-state index < -0.39 is 69.2 Å². The van der Waals surface area contributed by atoms with Crippen molar-refractivity contribution in [1.82, 2.24) is 5.32 Å². The highest BCUT2D eigenvalue weighted by Crippen LogP contribution is 2.56. The van der Waals surface area contributed by atoms with Crippen LogP contribution in [0.2, 0.25) is 0 Å². The second kappa shape index (κ2) is 8.48. The van der Waals surface area contributed by atoms with Crippen LogP contribution in [0.25, 0.3) is 10.8 Å². The normalized spacial score (nSPS) is 20.8. The molecule has 3 aliphatic rings. The number of fused-ring (bicyclic) bond motifs is 4. The molecule has 2 aliphatic heterocycles. The molecule has 206 valence electrons. The second-order valence-corrected chi connectivity index (χ2v) is 9.55. The zero-order valence-corrected chi connectivity index (χ0v) is 21.0. The quantitative estimate of drug-likeness (QED) is 0.233. The lowest BCUT2D eigenvalue weighted by atomic mass is 9.86. The third kappa shape index (κ3) is 3.37. The largest absolute Gasteiger partial charge is 0.507 e. The lowest BCUT2D eigenvalue weighted by molar-refractivity contribution is -0.139. The first-order valence-electron chi connectivity index (χ1n) is 12.1. The number of carbonyl (C=O) groups is 3. The molecule has 2 atom stereocenters. The van der Waals surface area contributed by atoms with Gasteiger partial charge in [0.05, 0.1) is 42.9 Å². The number of hydrogen-bond donors (Lipinski definition) is 5. The van der Waals surface area contributed by atoms with Crippen molar-refractivity contribution in [3.05, 3.63) is 62.3 Å². The van der Waals surface area contributed by atoms with E-state index in [2.05, 4.69) is 10.1 Å². The summed E-state index contributed by atoms with van der Waals surface area (Å²) in [6.07, 6.45) is -0.907. The Balaban J connectivity index is 1.45. The van der Waals surface area contributed by atoms with Gasteiger partial charge >= 0.3 is 11.6 Å². The van der Waals surface area contributed by atoms with Crippen LogP contribution < -0.4 is 20.4 Å². The van der Waals surface area contributed by atoms with E-state index in [9.17, 15) is 39.6 Å². The number of ether oxygens (including phenoxy) is 3. The van der Waals surface area contributed by atoms with Crippen LogP contribution in [0.3, 0.4) is 0 Å². The first kappa shape index (κ1) is 25.2. The zero-order valence-electron chi connectivity index (χ0n) is 21.0. The maximum atomic E-state index is 13.0. The van der Waals surface area contributed by atoms with Crippen LogP contribution in [0, 0.1) is 0 Å². The van der Waals surface area contributed by atoms with Crippen molar-refractivity contribution in [3.8, 4) is 28.7 Å². The second-order valence-electron chi connectivity index (χ2n) is 9.55. The highest BCUT2D eigenvalue weighted by molar-refractivity contribution is 6.27. The summed E-state index contributed by atoms with van der Waals surface area (Å²) in [4.78, 5) is 50.3. The van der Waals surface area contributed by atoms with Gasteiger partial charge < -0.3 is 44.4 Å². The molecule has 1 aromatic heterocycles. The van der Waals surface area contributed by atoms with E-state index in [0.29, 0.717) is 6.54 Å². The molecule has 2 unspecified atom stereocenters. The molecule has 13 nitrogen and oxygen atoms in total. The van der Waals surface area contributed by atoms with Gasteiger partial charge in [0.1, 0.15) is 11.1 Å². The van der Waals surface area contributed by atoms with Gasteiger partial charge in [0.2, 0.25) is 11.5 Å². The number of benzene rings is 2. The van der Waals surface area contributed by atoms with E-state index in [1.807, 2.05) is 0 Å². The summed E-state index contributed by atoms with van der Waals surface area (Å²) in [7, 11) is 1.10. The Kier molecular flexibility index (Phi) is 5.35. The number of esters is 1. The Morgan fingerprint density at radius 3 is 2.50 bits per heavy atom. The number of hydrogen-bond acceptors (Lipinski definition) is 13. The average molecular weight is 551 g/mol. The van der Waals surface area contributed by atoms with E-state index in [-0.39, 0.29) is 51.9 Å². The number of ketones is 2. The van der Waals surface area contributed by atoms with Gasteiger partial charge in [0.15, 0.2) is 28.8 Å². The minimum Gasteiger partial charge on any atom is -0.507 e. The SMILES string of the molecule is CCNC1=CC(=O)c2c(O)c3c(c(O)c2C1=O)OC1(C3)CC(O)c2cc3cc(C(=O)OC)oc(=O)c3c(O)c2O1. The number of aromatic hydroxyl groups is 3. The van der Waals surface area contributed by atoms with Crippen LogP contribution in [0.1, 0.15) is 61.8 Å². The summed E-state index contributed by atoms with van der Waals surface area (Å²) in [6.45, 7) is 2.04. The van der Waals surface area contributed by atoms with Crippen LogP contribution in [0.15, 0.2) is 33.1 Å². The highest BCUT2D eigenvalue weighted by Gasteiger charge is 2.52. The van der Waals surface area contributed by atoms with Crippen molar-refractivity contribution >= 4 is 28.3 Å². The van der Waals surface area contributed by atoms with Gasteiger partial charge in [-0.2, -0.15) is 0 Å². The minimum absolute atomic E-state index is 0.0455. The molecule has 1 spiro atoms. The molecular weight excluding hydrogens is 530 g/mol. The highest BCUT2D eigenvalue weighted by atomic mass is 16.7. The summed E-state index contributed by atoms with van der Waals surface area (Å²) in [5, 5.41) is 46.6. The Bertz CT molecular complexity index is 1780. The molecule has 3 aromatic rings. The number of phenolic OH excluding ortho intramolecular Hbond substituents is 3. The number of allylic oxidation sites excluding steroid dienone is 2. The van der Waals surface area contributed by atoms with Gasteiger partial charge in [-0.25, -0.2) is 9.59 Å². The fourth-order valence-electron chi connectivity index (χ4n) is 5.40. The molecule has 13 heteroatoms. The van der Waals surface area contributed by atoms with Crippen LogP contribution in [-0.4, -0.2) is 57.4 Å². The predicted octanol–water partition coefficient (Wildman–Crippen LogP) is 1.72. The van der Waals surface area contributed by atoms with Crippen molar-refractivity contribution < 1.29 is 53.4 Å². The predicted molar refractivity (Wildman–Crippen MR) is 133 cm³/mol. The standard InChI is InChI=1S/C27H21NO12/c1-3-28-12-6-13(29)17-18(20(12)32)22(34)24-11(19(17)31)7-27(40-24)8-14(30)10-4-9-5-15(25(35)37-2)38-26(36)16(9)21(33)23(10)39-27/h4-6,14,28,30-31,33-34H,3,7-8H2,1-2H3. The molecule has 0 bridgehead atoms. The van der Waals surface area contributed by atoms with Crippen LogP contribution in [0.5, 0.6) is 28.7 Å². The molecule has 5 N–H and O–H groups in total. The maximum Gasteiger partial charge on any atom is 0.374 e. The van der Waals surface area contributed by atoms with Gasteiger partial charge in [0, 0.05) is 23.7 Å². The lowest BCUT2D eigenvalue weighted by Crippen LogP contribution is -2.45. The monoisotopic (exact) mass is 551 g/mol. The Labute approximate surface area is 223 Å². The molecule has 1 aliphatic carbocycles.